The Balaban J connectivity index is 2.07. The van der Waals surface area contributed by atoms with Gasteiger partial charge in [-0.3, -0.25) is 0 Å². The molecule has 0 aliphatic carbocycles. The second-order valence-corrected chi connectivity index (χ2v) is 6.43. The number of nitrogens with one attached hydrogen (secondary N) is 1. The van der Waals surface area contributed by atoms with Crippen LogP contribution in [0.3, 0.4) is 0 Å². The van der Waals surface area contributed by atoms with Gasteiger partial charge in [0.05, 0.1) is 17.0 Å². The van der Waals surface area contributed by atoms with E-state index in [1.54, 1.807) is 0 Å². The number of hydrogen-bond acceptors (Lipinski definition) is 2. The Morgan fingerprint density at radius 3 is 2.42 bits per heavy atom. The van der Waals surface area contributed by atoms with Crippen molar-refractivity contribution in [3.8, 4) is 11.8 Å². The fourth-order valence-corrected chi connectivity index (χ4v) is 2.72. The van der Waals surface area contributed by atoms with Crippen molar-refractivity contribution in [3.05, 3.63) is 65.5 Å². The average Bonchev–Trinajstić information content (AvgIpc) is 2.51. The van der Waals surface area contributed by atoms with Crippen molar-refractivity contribution in [2.45, 2.75) is 11.1 Å². The predicted octanol–water partition coefficient (Wildman–Crippen LogP) is 3.17. The van der Waals surface area contributed by atoms with Gasteiger partial charge in [-0.15, -0.1) is 0 Å². The largest absolute Gasteiger partial charge is 0.416 e. The van der Waals surface area contributed by atoms with E-state index in [9.17, 15) is 26.0 Å². The summed E-state index contributed by atoms with van der Waals surface area (Å²) in [6, 6.07) is 8.79. The first kappa shape index (κ1) is 18.0. The molecule has 0 atom stereocenters. The quantitative estimate of drug-likeness (QED) is 0.678. The van der Waals surface area contributed by atoms with Crippen LogP contribution >= 0.6 is 0 Å². The van der Waals surface area contributed by atoms with Crippen molar-refractivity contribution < 1.29 is 26.0 Å². The second kappa shape index (κ2) is 7.03. The van der Waals surface area contributed by atoms with Crippen molar-refractivity contribution in [1.82, 2.24) is 4.72 Å². The average molecular weight is 357 g/mol. The number of benzene rings is 2. The summed E-state index contributed by atoms with van der Waals surface area (Å²) in [4.78, 5) is -0.261. The normalized spacial score (nSPS) is 11.7. The van der Waals surface area contributed by atoms with E-state index in [4.69, 9.17) is 0 Å². The van der Waals surface area contributed by atoms with Crippen LogP contribution in [0.25, 0.3) is 0 Å². The number of halogens is 4. The number of rotatable bonds is 3. The third-order valence-electron chi connectivity index (χ3n) is 2.88. The van der Waals surface area contributed by atoms with E-state index in [1.807, 2.05) is 0 Å². The zero-order valence-corrected chi connectivity index (χ0v) is 12.9. The molecule has 2 rings (SSSR count). The van der Waals surface area contributed by atoms with E-state index < -0.39 is 27.6 Å². The molecule has 0 aromatic heterocycles. The third-order valence-corrected chi connectivity index (χ3v) is 4.28. The van der Waals surface area contributed by atoms with Crippen LogP contribution in [-0.2, 0) is 16.2 Å². The Morgan fingerprint density at radius 1 is 1.04 bits per heavy atom. The lowest BCUT2D eigenvalue weighted by atomic mass is 10.1. The van der Waals surface area contributed by atoms with Crippen LogP contribution < -0.4 is 4.72 Å². The Kier molecular flexibility index (Phi) is 5.26. The predicted molar refractivity (Wildman–Crippen MR) is 79.9 cm³/mol. The summed E-state index contributed by atoms with van der Waals surface area (Å²) in [5.74, 6) is 4.16. The monoisotopic (exact) mass is 357 g/mol. The maximum absolute atomic E-state index is 13.0. The minimum atomic E-state index is -4.48. The van der Waals surface area contributed by atoms with Crippen molar-refractivity contribution in [3.63, 3.8) is 0 Å². The highest BCUT2D eigenvalue weighted by molar-refractivity contribution is 7.89. The Bertz CT molecular complexity index is 896. The zero-order valence-electron chi connectivity index (χ0n) is 12.1. The fourth-order valence-electron chi connectivity index (χ4n) is 1.77. The molecule has 0 fully saturated rings. The molecular weight excluding hydrogens is 346 g/mol. The van der Waals surface area contributed by atoms with Crippen LogP contribution in [-0.4, -0.2) is 15.0 Å². The van der Waals surface area contributed by atoms with Gasteiger partial charge in [0.1, 0.15) is 5.82 Å². The Morgan fingerprint density at radius 2 is 1.75 bits per heavy atom. The fraction of sp³-hybridized carbons (Fsp3) is 0.125. The molecule has 3 nitrogen and oxygen atoms in total. The molecule has 24 heavy (non-hydrogen) atoms. The summed E-state index contributed by atoms with van der Waals surface area (Å²) < 4.78 is 76.6. The SMILES string of the molecule is O=S(=O)(NCC#Cc1cccc(C(F)(F)F)c1)c1cccc(F)c1. The standard InChI is InChI=1S/C16H11F4NO2S/c17-14-7-2-8-15(11-14)24(22,23)21-9-3-5-12-4-1-6-13(10-12)16(18,19)20/h1-2,4,6-8,10-11,21H,9H2. The van der Waals surface area contributed by atoms with Gasteiger partial charge in [-0.2, -0.15) is 17.9 Å². The first-order valence-electron chi connectivity index (χ1n) is 6.60. The minimum absolute atomic E-state index is 0.106. The lowest BCUT2D eigenvalue weighted by Crippen LogP contribution is -2.24. The molecule has 0 unspecified atom stereocenters. The smallest absolute Gasteiger partial charge is 0.207 e. The molecule has 0 heterocycles. The summed E-state index contributed by atoms with van der Waals surface area (Å²) in [6.45, 7) is -0.324. The van der Waals surface area contributed by atoms with Gasteiger partial charge in [0.2, 0.25) is 10.0 Å². The van der Waals surface area contributed by atoms with Crippen molar-refractivity contribution in [2.24, 2.45) is 0 Å². The van der Waals surface area contributed by atoms with Gasteiger partial charge >= 0.3 is 6.18 Å². The molecule has 1 N–H and O–H groups in total. The van der Waals surface area contributed by atoms with E-state index in [0.29, 0.717) is 0 Å². The van der Waals surface area contributed by atoms with Gasteiger partial charge in [0.15, 0.2) is 0 Å². The summed E-state index contributed by atoms with van der Waals surface area (Å²) in [6.07, 6.45) is -4.48. The molecule has 2 aromatic rings. The van der Waals surface area contributed by atoms with E-state index in [2.05, 4.69) is 16.6 Å². The lowest BCUT2D eigenvalue weighted by Gasteiger charge is -2.06. The molecule has 126 valence electrons. The number of alkyl halides is 3. The van der Waals surface area contributed by atoms with Gasteiger partial charge in [-0.05, 0) is 36.4 Å². The highest BCUT2D eigenvalue weighted by atomic mass is 32.2. The van der Waals surface area contributed by atoms with E-state index in [1.165, 1.54) is 24.3 Å². The van der Waals surface area contributed by atoms with Crippen LogP contribution in [0.4, 0.5) is 17.6 Å². The van der Waals surface area contributed by atoms with Gasteiger partial charge < -0.3 is 0 Å². The highest BCUT2D eigenvalue weighted by Crippen LogP contribution is 2.29. The molecule has 8 heteroatoms. The van der Waals surface area contributed by atoms with Crippen molar-refractivity contribution in [2.75, 3.05) is 6.54 Å². The molecule has 0 saturated heterocycles. The van der Waals surface area contributed by atoms with Crippen LogP contribution in [0.5, 0.6) is 0 Å². The van der Waals surface area contributed by atoms with Gasteiger partial charge in [0.25, 0.3) is 0 Å². The highest BCUT2D eigenvalue weighted by Gasteiger charge is 2.30. The molecule has 0 spiro atoms. The van der Waals surface area contributed by atoms with Crippen LogP contribution in [0, 0.1) is 17.7 Å². The molecule has 0 saturated carbocycles. The van der Waals surface area contributed by atoms with E-state index >= 15 is 0 Å². The molecule has 2 aromatic carbocycles. The molecule has 0 aliphatic heterocycles. The van der Waals surface area contributed by atoms with Crippen molar-refractivity contribution >= 4 is 10.0 Å². The summed E-state index contributed by atoms with van der Waals surface area (Å²) >= 11 is 0. The Hall–Kier alpha value is -2.37. The first-order chi connectivity index (χ1) is 11.2. The topological polar surface area (TPSA) is 46.2 Å². The molecule has 0 bridgehead atoms. The lowest BCUT2D eigenvalue weighted by molar-refractivity contribution is -0.137. The van der Waals surface area contributed by atoms with Gasteiger partial charge in [-0.1, -0.05) is 24.0 Å². The van der Waals surface area contributed by atoms with Crippen LogP contribution in [0.1, 0.15) is 11.1 Å². The molecular formula is C16H11F4NO2S. The summed E-state index contributed by atoms with van der Waals surface area (Å²) in [7, 11) is -3.94. The Labute approximate surface area is 136 Å². The second-order valence-electron chi connectivity index (χ2n) is 4.66. The maximum atomic E-state index is 13.0. The summed E-state index contributed by atoms with van der Waals surface area (Å²) in [5.41, 5.74) is -0.732. The van der Waals surface area contributed by atoms with Crippen LogP contribution in [0.2, 0.25) is 0 Å². The summed E-state index contributed by atoms with van der Waals surface area (Å²) in [5, 5.41) is 0. The number of sulfonamides is 1. The number of hydrogen-bond donors (Lipinski definition) is 1. The molecule has 0 aliphatic rings. The van der Waals surface area contributed by atoms with E-state index in [-0.39, 0.29) is 17.0 Å². The van der Waals surface area contributed by atoms with Gasteiger partial charge in [-0.25, -0.2) is 12.8 Å². The van der Waals surface area contributed by atoms with Crippen LogP contribution in [0.15, 0.2) is 53.4 Å². The maximum Gasteiger partial charge on any atom is 0.416 e. The van der Waals surface area contributed by atoms with E-state index in [0.717, 1.165) is 24.3 Å². The van der Waals surface area contributed by atoms with Crippen molar-refractivity contribution in [1.29, 1.82) is 0 Å². The molecule has 0 amide bonds. The first-order valence-corrected chi connectivity index (χ1v) is 8.08. The third kappa shape index (κ3) is 4.81. The van der Waals surface area contributed by atoms with Gasteiger partial charge in [0, 0.05) is 5.56 Å². The minimum Gasteiger partial charge on any atom is -0.207 e. The zero-order chi connectivity index (χ0) is 17.8. The molecule has 0 radical (unpaired) electrons.